The van der Waals surface area contributed by atoms with Crippen molar-refractivity contribution in [1.82, 2.24) is 5.32 Å². The van der Waals surface area contributed by atoms with Crippen LogP contribution in [-0.4, -0.2) is 42.1 Å². The second-order valence-corrected chi connectivity index (χ2v) is 3.03. The molecule has 0 bridgehead atoms. The molecule has 1 atom stereocenters. The molecule has 15 heavy (non-hydrogen) atoms. The Labute approximate surface area is 86.6 Å². The summed E-state index contributed by atoms with van der Waals surface area (Å²) in [5.74, 6) is -2.15. The number of carbonyl (C=O) groups is 3. The van der Waals surface area contributed by atoms with Crippen molar-refractivity contribution in [3.63, 3.8) is 0 Å². The summed E-state index contributed by atoms with van der Waals surface area (Å²) >= 11 is 0. The number of ether oxygens (including phenoxy) is 1. The molecular weight excluding hydrogens is 204 g/mol. The zero-order valence-corrected chi connectivity index (χ0v) is 8.36. The van der Waals surface area contributed by atoms with Crippen molar-refractivity contribution in [3.05, 3.63) is 0 Å². The van der Waals surface area contributed by atoms with Crippen LogP contribution < -0.4 is 11.1 Å². The smallest absolute Gasteiger partial charge is 0.329 e. The summed E-state index contributed by atoms with van der Waals surface area (Å²) in [6.07, 6.45) is 0.0324. The fraction of sp³-hybridized carbons (Fsp3) is 0.625. The first-order valence-corrected chi connectivity index (χ1v) is 4.29. The van der Waals surface area contributed by atoms with E-state index in [-0.39, 0.29) is 19.1 Å². The molecule has 0 aromatic heterocycles. The van der Waals surface area contributed by atoms with Crippen molar-refractivity contribution < 1.29 is 24.2 Å². The number of carboxylic acid groups (broad SMARTS) is 1. The molecule has 0 fully saturated rings. The molecule has 0 radical (unpaired) electrons. The normalized spacial score (nSPS) is 11.8. The predicted octanol–water partition coefficient (Wildman–Crippen LogP) is -1.53. The lowest BCUT2D eigenvalue weighted by atomic mass is 10.2. The van der Waals surface area contributed by atoms with Crippen LogP contribution in [0, 0.1) is 0 Å². The molecule has 0 aliphatic rings. The van der Waals surface area contributed by atoms with Gasteiger partial charge in [-0.15, -0.1) is 0 Å². The van der Waals surface area contributed by atoms with Gasteiger partial charge in [0.15, 0.2) is 0 Å². The van der Waals surface area contributed by atoms with Gasteiger partial charge in [0.05, 0.1) is 0 Å². The van der Waals surface area contributed by atoms with Crippen LogP contribution in [0.5, 0.6) is 0 Å². The molecule has 0 saturated carbocycles. The van der Waals surface area contributed by atoms with Gasteiger partial charge in [-0.2, -0.15) is 0 Å². The maximum absolute atomic E-state index is 11.0. The van der Waals surface area contributed by atoms with Gasteiger partial charge in [0.2, 0.25) is 11.8 Å². The number of aliphatic carboxylic acids is 1. The van der Waals surface area contributed by atoms with E-state index in [1.165, 1.54) is 0 Å². The molecule has 1 unspecified atom stereocenters. The van der Waals surface area contributed by atoms with Crippen LogP contribution >= 0.6 is 0 Å². The number of nitrogens with one attached hydrogen (secondary N) is 1. The molecule has 2 amide bonds. The third-order valence-electron chi connectivity index (χ3n) is 1.37. The van der Waals surface area contributed by atoms with Crippen LogP contribution in [-0.2, 0) is 19.1 Å². The van der Waals surface area contributed by atoms with Gasteiger partial charge in [0, 0.05) is 12.5 Å². The number of hydrogen-bond acceptors (Lipinski definition) is 4. The number of amides is 2. The fourth-order valence-corrected chi connectivity index (χ4v) is 0.900. The first kappa shape index (κ1) is 13.4. The number of carbonyl (C=O) groups excluding carboxylic acids is 2. The lowest BCUT2D eigenvalue weighted by Crippen LogP contribution is -2.38. The molecule has 0 aliphatic heterocycles. The van der Waals surface area contributed by atoms with Crippen LogP contribution in [0.4, 0.5) is 0 Å². The van der Waals surface area contributed by atoms with Crippen molar-refractivity contribution in [3.8, 4) is 0 Å². The number of primary amides is 1. The van der Waals surface area contributed by atoms with E-state index >= 15 is 0 Å². The molecule has 7 nitrogen and oxygen atoms in total. The Bertz CT molecular complexity index is 253. The summed E-state index contributed by atoms with van der Waals surface area (Å²) in [5.41, 5.74) is 4.91. The molecule has 7 heteroatoms. The number of nitrogens with two attached hydrogens (primary N) is 1. The van der Waals surface area contributed by atoms with Gasteiger partial charge in [-0.1, -0.05) is 0 Å². The van der Waals surface area contributed by atoms with Crippen LogP contribution in [0.25, 0.3) is 0 Å². The van der Waals surface area contributed by atoms with Crippen LogP contribution in [0.1, 0.15) is 13.3 Å². The minimum atomic E-state index is -1.15. The number of carboxylic acids is 1. The van der Waals surface area contributed by atoms with E-state index in [1.807, 2.05) is 0 Å². The van der Waals surface area contributed by atoms with E-state index in [9.17, 15) is 14.4 Å². The zero-order valence-electron chi connectivity index (χ0n) is 8.36. The standard InChI is InChI=1S/C8H14N2O5/c1-5(2-6(9)11)10-7(12)3-15-4-8(13)14/h5H,2-4H2,1H3,(H2,9,11)(H,10,12)(H,13,14). The minimum Gasteiger partial charge on any atom is -0.480 e. The first-order chi connectivity index (χ1) is 6.91. The minimum absolute atomic E-state index is 0.0324. The fourth-order valence-electron chi connectivity index (χ4n) is 0.900. The largest absolute Gasteiger partial charge is 0.480 e. The summed E-state index contributed by atoms with van der Waals surface area (Å²) in [7, 11) is 0. The van der Waals surface area contributed by atoms with Crippen molar-refractivity contribution in [2.24, 2.45) is 5.73 Å². The van der Waals surface area contributed by atoms with E-state index < -0.39 is 24.4 Å². The Morgan fingerprint density at radius 3 is 2.47 bits per heavy atom. The maximum atomic E-state index is 11.0. The average molecular weight is 218 g/mol. The number of rotatable bonds is 7. The topological polar surface area (TPSA) is 119 Å². The first-order valence-electron chi connectivity index (χ1n) is 4.29. The summed E-state index contributed by atoms with van der Waals surface area (Å²) in [6, 6.07) is -0.386. The van der Waals surface area contributed by atoms with Crippen molar-refractivity contribution >= 4 is 17.8 Å². The monoisotopic (exact) mass is 218 g/mol. The Balaban J connectivity index is 3.64. The highest BCUT2D eigenvalue weighted by atomic mass is 16.5. The molecule has 0 spiro atoms. The van der Waals surface area contributed by atoms with E-state index in [0.717, 1.165) is 0 Å². The van der Waals surface area contributed by atoms with Gasteiger partial charge in [-0.25, -0.2) is 4.79 Å². The van der Waals surface area contributed by atoms with Gasteiger partial charge >= 0.3 is 5.97 Å². The van der Waals surface area contributed by atoms with Gasteiger partial charge in [-0.05, 0) is 6.92 Å². The van der Waals surface area contributed by atoms with Gasteiger partial charge in [0.25, 0.3) is 0 Å². The predicted molar refractivity (Wildman–Crippen MR) is 49.9 cm³/mol. The Morgan fingerprint density at radius 1 is 1.40 bits per heavy atom. The third-order valence-corrected chi connectivity index (χ3v) is 1.37. The lowest BCUT2D eigenvalue weighted by molar-refractivity contribution is -0.143. The van der Waals surface area contributed by atoms with E-state index in [2.05, 4.69) is 10.1 Å². The molecular formula is C8H14N2O5. The van der Waals surface area contributed by atoms with Crippen LogP contribution in [0.2, 0.25) is 0 Å². The van der Waals surface area contributed by atoms with Crippen molar-refractivity contribution in [1.29, 1.82) is 0 Å². The summed E-state index contributed by atoms with van der Waals surface area (Å²) in [6.45, 7) is 0.729. The Hall–Kier alpha value is -1.63. The van der Waals surface area contributed by atoms with E-state index in [1.54, 1.807) is 6.92 Å². The van der Waals surface area contributed by atoms with Crippen LogP contribution in [0.15, 0.2) is 0 Å². The van der Waals surface area contributed by atoms with E-state index in [4.69, 9.17) is 10.8 Å². The van der Waals surface area contributed by atoms with Crippen molar-refractivity contribution in [2.75, 3.05) is 13.2 Å². The summed E-state index contributed by atoms with van der Waals surface area (Å²) in [4.78, 5) is 31.5. The zero-order chi connectivity index (χ0) is 11.8. The molecule has 86 valence electrons. The van der Waals surface area contributed by atoms with Crippen LogP contribution in [0.3, 0.4) is 0 Å². The highest BCUT2D eigenvalue weighted by molar-refractivity contribution is 5.79. The molecule has 0 rings (SSSR count). The molecule has 4 N–H and O–H groups in total. The average Bonchev–Trinajstić information content (AvgIpc) is 2.00. The van der Waals surface area contributed by atoms with Gasteiger partial charge < -0.3 is 20.9 Å². The maximum Gasteiger partial charge on any atom is 0.329 e. The summed E-state index contributed by atoms with van der Waals surface area (Å²) < 4.78 is 4.53. The third kappa shape index (κ3) is 8.69. The van der Waals surface area contributed by atoms with Gasteiger partial charge in [0.1, 0.15) is 13.2 Å². The van der Waals surface area contributed by atoms with Gasteiger partial charge in [-0.3, -0.25) is 9.59 Å². The number of hydrogen-bond donors (Lipinski definition) is 3. The SMILES string of the molecule is CC(CC(N)=O)NC(=O)COCC(=O)O. The highest BCUT2D eigenvalue weighted by Gasteiger charge is 2.10. The summed E-state index contributed by atoms with van der Waals surface area (Å²) in [5, 5.41) is 10.6. The lowest BCUT2D eigenvalue weighted by Gasteiger charge is -2.11. The molecule has 0 heterocycles. The molecule has 0 saturated heterocycles. The van der Waals surface area contributed by atoms with E-state index in [0.29, 0.717) is 0 Å². The highest BCUT2D eigenvalue weighted by Crippen LogP contribution is 1.88. The Morgan fingerprint density at radius 2 is 2.00 bits per heavy atom. The quantitative estimate of drug-likeness (QED) is 0.479. The molecule has 0 aromatic carbocycles. The molecule has 0 aromatic rings. The van der Waals surface area contributed by atoms with Crippen molar-refractivity contribution in [2.45, 2.75) is 19.4 Å². The Kier molecular flexibility index (Phi) is 6.03. The second-order valence-electron chi connectivity index (χ2n) is 3.03. The molecule has 0 aliphatic carbocycles. The second kappa shape index (κ2) is 6.77.